The summed E-state index contributed by atoms with van der Waals surface area (Å²) in [6.07, 6.45) is 0. The first-order chi connectivity index (χ1) is 32.3. The molecule has 311 valence electrons. The summed E-state index contributed by atoms with van der Waals surface area (Å²) in [6.45, 7) is 6.79. The highest BCUT2D eigenvalue weighted by Crippen LogP contribution is 2.48. The molecule has 9 aromatic carbocycles. The summed E-state index contributed by atoms with van der Waals surface area (Å²) in [4.78, 5) is 1.29. The number of nitrogens with one attached hydrogen (secondary N) is 1. The third kappa shape index (κ3) is 5.68. The van der Waals surface area contributed by atoms with Gasteiger partial charge in [-0.25, -0.2) is 0 Å². The van der Waals surface area contributed by atoms with E-state index in [1.165, 1.54) is 101 Å². The van der Waals surface area contributed by atoms with E-state index < -0.39 is 0 Å². The lowest BCUT2D eigenvalue weighted by Gasteiger charge is -2.24. The Labute approximate surface area is 390 Å². The van der Waals surface area contributed by atoms with Crippen LogP contribution in [-0.2, 0) is 5.41 Å². The van der Waals surface area contributed by atoms with E-state index in [0.29, 0.717) is 0 Å². The molecule has 1 N–H and O–H groups in total. The molecule has 1 aliphatic rings. The van der Waals surface area contributed by atoms with Crippen LogP contribution in [-0.4, -0.2) is 11.8 Å². The minimum absolute atomic E-state index is 0.0582. The van der Waals surface area contributed by atoms with Crippen molar-refractivity contribution in [2.45, 2.75) is 26.2 Å². The number of aromatic nitrogens is 1. The van der Waals surface area contributed by atoms with Crippen LogP contribution < -0.4 is 16.2 Å². The smallest absolute Gasteiger partial charge is 0.197 e. The Hall–Kier alpha value is -7.38. The number of furan rings is 1. The highest BCUT2D eigenvalue weighted by atomic mass is 32.1. The van der Waals surface area contributed by atoms with Crippen molar-refractivity contribution in [1.29, 1.82) is 0 Å². The predicted octanol–water partition coefficient (Wildman–Crippen LogP) is 16.3. The zero-order valence-electron chi connectivity index (χ0n) is 36.6. The molecule has 0 saturated carbocycles. The fourth-order valence-electron chi connectivity index (χ4n) is 10.6. The molecule has 14 rings (SSSR count). The largest absolute Gasteiger partial charge is 0.456 e. The molecule has 0 atom stereocenters. The van der Waals surface area contributed by atoms with Crippen LogP contribution in [0.3, 0.4) is 0 Å². The number of thiophene rings is 2. The molecule has 1 radical (unpaired) electrons. The molecular weight excluding hydrogens is 840 g/mol. The monoisotopic (exact) mass is 879 g/mol. The Balaban J connectivity index is 1.07. The zero-order valence-corrected chi connectivity index (χ0v) is 38.2. The van der Waals surface area contributed by atoms with Gasteiger partial charge in [0, 0.05) is 90.8 Å². The van der Waals surface area contributed by atoms with Crippen molar-refractivity contribution in [1.82, 2.24) is 4.57 Å². The molecule has 3 nitrogen and oxygen atoms in total. The van der Waals surface area contributed by atoms with Crippen LogP contribution >= 0.6 is 22.7 Å². The van der Waals surface area contributed by atoms with Crippen molar-refractivity contribution in [3.05, 3.63) is 188 Å². The molecule has 66 heavy (non-hydrogen) atoms. The lowest BCUT2D eigenvalue weighted by Crippen LogP contribution is -2.37. The van der Waals surface area contributed by atoms with Gasteiger partial charge in [-0.15, -0.1) is 22.7 Å². The van der Waals surface area contributed by atoms with E-state index in [0.717, 1.165) is 38.9 Å². The van der Waals surface area contributed by atoms with E-state index in [1.54, 1.807) is 0 Å². The predicted molar refractivity (Wildman–Crippen MR) is 286 cm³/mol. The summed E-state index contributed by atoms with van der Waals surface area (Å²) < 4.78 is 13.0. The highest BCUT2D eigenvalue weighted by molar-refractivity contribution is 7.26. The Bertz CT molecular complexity index is 4130. The van der Waals surface area contributed by atoms with Gasteiger partial charge in [-0.2, -0.15) is 0 Å². The second-order valence-electron chi connectivity index (χ2n) is 18.8. The Morgan fingerprint density at radius 1 is 0.515 bits per heavy atom. The average Bonchev–Trinajstić information content (AvgIpc) is 4.10. The third-order valence-corrected chi connectivity index (χ3v) is 16.1. The Kier molecular flexibility index (Phi) is 8.09. The summed E-state index contributed by atoms with van der Waals surface area (Å²) in [7, 11) is 2.47. The molecule has 6 heteroatoms. The third-order valence-electron chi connectivity index (χ3n) is 13.8. The van der Waals surface area contributed by atoms with E-state index in [4.69, 9.17) is 4.42 Å². The molecule has 0 spiro atoms. The van der Waals surface area contributed by atoms with E-state index in [-0.39, 0.29) is 5.41 Å². The normalized spacial score (nSPS) is 12.6. The Morgan fingerprint density at radius 3 is 2.05 bits per heavy atom. The average molecular weight is 880 g/mol. The van der Waals surface area contributed by atoms with Gasteiger partial charge in [0.05, 0.1) is 11.2 Å². The van der Waals surface area contributed by atoms with Crippen molar-refractivity contribution in [3.8, 4) is 38.4 Å². The number of anilines is 2. The molecule has 0 saturated heterocycles. The SMILES string of the molecule is CC(C)(C)c1ccc(Nc2cc3oc4ccccc4c3cc2-c2ccc3c4cc5c(cc4n4c3c2[B]c2cc3sc(-c6ccccc6)c(-c6ccccc6)c3cc2-4)sc2ccccc25)cc1. The second kappa shape index (κ2) is 14.1. The molecule has 5 heterocycles. The van der Waals surface area contributed by atoms with Crippen LogP contribution in [0.25, 0.3) is 112 Å². The van der Waals surface area contributed by atoms with Gasteiger partial charge in [0.25, 0.3) is 0 Å². The summed E-state index contributed by atoms with van der Waals surface area (Å²) >= 11 is 3.77. The van der Waals surface area contributed by atoms with Gasteiger partial charge in [-0.05, 0) is 87.7 Å². The molecule has 0 unspecified atom stereocenters. The fraction of sp³-hybridized carbons (Fsp3) is 0.0667. The maximum absolute atomic E-state index is 6.56. The van der Waals surface area contributed by atoms with Crippen LogP contribution in [0.15, 0.2) is 186 Å². The summed E-state index contributed by atoms with van der Waals surface area (Å²) in [6, 6.07) is 67.1. The van der Waals surface area contributed by atoms with Gasteiger partial charge >= 0.3 is 0 Å². The van der Waals surface area contributed by atoms with Gasteiger partial charge in [0.1, 0.15) is 11.2 Å². The van der Waals surface area contributed by atoms with E-state index >= 15 is 0 Å². The fourth-order valence-corrected chi connectivity index (χ4v) is 13.0. The molecule has 0 amide bonds. The number of rotatable bonds is 5. The maximum Gasteiger partial charge on any atom is 0.197 e. The van der Waals surface area contributed by atoms with E-state index in [9.17, 15) is 0 Å². The number of nitrogens with zero attached hydrogens (tertiary/aromatic N) is 1. The molecule has 1 aliphatic heterocycles. The first-order valence-electron chi connectivity index (χ1n) is 22.6. The zero-order chi connectivity index (χ0) is 43.8. The van der Waals surface area contributed by atoms with E-state index in [2.05, 4.69) is 214 Å². The highest BCUT2D eigenvalue weighted by Gasteiger charge is 2.29. The van der Waals surface area contributed by atoms with Gasteiger partial charge < -0.3 is 14.3 Å². The molecule has 13 aromatic rings. The number of para-hydroxylation sites is 1. The number of hydrogen-bond donors (Lipinski definition) is 1. The summed E-state index contributed by atoms with van der Waals surface area (Å²) in [5.41, 5.74) is 17.3. The lowest BCUT2D eigenvalue weighted by atomic mass is 9.59. The topological polar surface area (TPSA) is 30.1 Å². The maximum atomic E-state index is 6.56. The quantitative estimate of drug-likeness (QED) is 0.175. The lowest BCUT2D eigenvalue weighted by molar-refractivity contribution is 0.590. The van der Waals surface area contributed by atoms with Gasteiger partial charge in [-0.3, -0.25) is 0 Å². The van der Waals surface area contributed by atoms with Crippen LogP contribution in [0.5, 0.6) is 0 Å². The van der Waals surface area contributed by atoms with E-state index in [1.807, 2.05) is 28.7 Å². The minimum Gasteiger partial charge on any atom is -0.456 e. The number of benzene rings is 9. The van der Waals surface area contributed by atoms with Crippen molar-refractivity contribution in [2.24, 2.45) is 0 Å². The number of hydrogen-bond acceptors (Lipinski definition) is 4. The minimum atomic E-state index is 0.0582. The summed E-state index contributed by atoms with van der Waals surface area (Å²) in [5, 5.41) is 12.5. The van der Waals surface area contributed by atoms with Crippen molar-refractivity contribution >= 4 is 126 Å². The molecule has 0 fully saturated rings. The van der Waals surface area contributed by atoms with Crippen molar-refractivity contribution in [3.63, 3.8) is 0 Å². The van der Waals surface area contributed by atoms with Gasteiger partial charge in [-0.1, -0.05) is 148 Å². The van der Waals surface area contributed by atoms with Crippen LogP contribution in [0.1, 0.15) is 26.3 Å². The number of fused-ring (bicyclic) bond motifs is 12. The molecular formula is C60H40BN2OS2. The Morgan fingerprint density at radius 2 is 1.24 bits per heavy atom. The molecule has 0 bridgehead atoms. The van der Waals surface area contributed by atoms with Crippen molar-refractivity contribution in [2.75, 3.05) is 5.32 Å². The first kappa shape index (κ1) is 37.9. The van der Waals surface area contributed by atoms with Crippen LogP contribution in [0.2, 0.25) is 0 Å². The summed E-state index contributed by atoms with van der Waals surface area (Å²) in [5.74, 6) is 0. The first-order valence-corrected chi connectivity index (χ1v) is 24.3. The van der Waals surface area contributed by atoms with Crippen molar-refractivity contribution < 1.29 is 4.42 Å². The molecule has 4 aromatic heterocycles. The standard InChI is InChI=1S/C60H40BN2OS2/c1-60(2,3)36-22-24-37(25-23-36)62-48-32-52-44(38-18-10-12-20-51(38)64-52)28-42(48)40-26-27-41-43-29-45-39-19-11-13-21-53(39)65-55(45)33-49(43)63-50-30-46-54(31-47(50)61-57(40)58(41)63)66-59(35-16-8-5-9-17-35)56(46)34-14-6-4-7-15-34/h4-33,62H,1-3H3. The van der Waals surface area contributed by atoms with Crippen LogP contribution in [0, 0.1) is 0 Å². The van der Waals surface area contributed by atoms with Gasteiger partial charge in [0.2, 0.25) is 0 Å². The second-order valence-corrected chi connectivity index (χ2v) is 20.9. The molecule has 0 aliphatic carbocycles. The van der Waals surface area contributed by atoms with Gasteiger partial charge in [0.15, 0.2) is 7.28 Å². The van der Waals surface area contributed by atoms with Crippen LogP contribution in [0.4, 0.5) is 11.4 Å².